The average molecular weight is 363 g/mol. The molecule has 0 aliphatic heterocycles. The molecule has 3 aromatic rings. The van der Waals surface area contributed by atoms with E-state index in [4.69, 9.17) is 4.74 Å². The van der Waals surface area contributed by atoms with Crippen LogP contribution in [0.4, 0.5) is 0 Å². The van der Waals surface area contributed by atoms with Crippen molar-refractivity contribution in [3.8, 4) is 28.8 Å². The van der Waals surface area contributed by atoms with E-state index in [0.717, 1.165) is 11.3 Å². The van der Waals surface area contributed by atoms with Crippen molar-refractivity contribution in [2.24, 2.45) is 0 Å². The summed E-state index contributed by atoms with van der Waals surface area (Å²) in [6, 6.07) is 15.0. The third-order valence-electron chi connectivity index (χ3n) is 4.04. The van der Waals surface area contributed by atoms with E-state index >= 15 is 0 Å². The van der Waals surface area contributed by atoms with E-state index in [0.29, 0.717) is 22.2 Å². The van der Waals surface area contributed by atoms with Gasteiger partial charge in [0.05, 0.1) is 5.69 Å². The summed E-state index contributed by atoms with van der Waals surface area (Å²) < 4.78 is 5.87. The second-order valence-electron chi connectivity index (χ2n) is 5.78. The number of nitrogens with one attached hydrogen (secondary N) is 1. The van der Waals surface area contributed by atoms with E-state index in [1.165, 1.54) is 17.3 Å². The summed E-state index contributed by atoms with van der Waals surface area (Å²) in [5.74, 6) is 1.43. The highest BCUT2D eigenvalue weighted by atomic mass is 32.2. The Hall–Kier alpha value is -3.04. The molecule has 130 valence electrons. The van der Waals surface area contributed by atoms with Crippen molar-refractivity contribution in [2.75, 3.05) is 6.26 Å². The van der Waals surface area contributed by atoms with E-state index in [2.05, 4.69) is 16.9 Å². The number of thioether (sulfide) groups is 1. The van der Waals surface area contributed by atoms with Gasteiger partial charge in [-0.3, -0.25) is 4.79 Å². The summed E-state index contributed by atoms with van der Waals surface area (Å²) >= 11 is 1.32. The number of aromatic amines is 1. The van der Waals surface area contributed by atoms with Gasteiger partial charge in [-0.2, -0.15) is 5.26 Å². The van der Waals surface area contributed by atoms with Gasteiger partial charge in [0.25, 0.3) is 5.56 Å². The Bertz CT molecular complexity index is 1050. The zero-order valence-electron chi connectivity index (χ0n) is 14.7. The number of rotatable bonds is 4. The molecule has 0 atom stereocenters. The van der Waals surface area contributed by atoms with Crippen LogP contribution >= 0.6 is 11.8 Å². The zero-order chi connectivity index (χ0) is 18.7. The predicted molar refractivity (Wildman–Crippen MR) is 103 cm³/mol. The molecule has 3 rings (SSSR count). The van der Waals surface area contributed by atoms with E-state index in [1.54, 1.807) is 24.3 Å². The summed E-state index contributed by atoms with van der Waals surface area (Å²) in [5.41, 5.74) is 3.01. The monoisotopic (exact) mass is 363 g/mol. The van der Waals surface area contributed by atoms with Crippen molar-refractivity contribution in [2.45, 2.75) is 19.0 Å². The van der Waals surface area contributed by atoms with Gasteiger partial charge in [-0.25, -0.2) is 4.98 Å². The molecular weight excluding hydrogens is 346 g/mol. The van der Waals surface area contributed by atoms with Crippen molar-refractivity contribution >= 4 is 11.8 Å². The fraction of sp³-hybridized carbons (Fsp3) is 0.150. The topological polar surface area (TPSA) is 78.8 Å². The van der Waals surface area contributed by atoms with Crippen LogP contribution in [0.2, 0.25) is 0 Å². The number of aryl methyl sites for hydroxylation is 2. The second kappa shape index (κ2) is 7.46. The molecule has 0 aliphatic rings. The van der Waals surface area contributed by atoms with Crippen molar-refractivity contribution in [1.29, 1.82) is 5.26 Å². The van der Waals surface area contributed by atoms with Crippen LogP contribution in [0.5, 0.6) is 11.5 Å². The van der Waals surface area contributed by atoms with Crippen LogP contribution in [0.25, 0.3) is 11.3 Å². The normalized spacial score (nSPS) is 10.4. The SMILES string of the molecule is CSc1nc(-c2ccc(Oc3ccc(C)c(C)c3)cc2)c(C#N)c(=O)[nH]1. The van der Waals surface area contributed by atoms with Crippen LogP contribution in [-0.2, 0) is 0 Å². The lowest BCUT2D eigenvalue weighted by Gasteiger charge is -2.09. The van der Waals surface area contributed by atoms with E-state index in [-0.39, 0.29) is 5.56 Å². The number of aromatic nitrogens is 2. The average Bonchev–Trinajstić information content (AvgIpc) is 2.64. The summed E-state index contributed by atoms with van der Waals surface area (Å²) in [5, 5.41) is 9.75. The van der Waals surface area contributed by atoms with Gasteiger partial charge in [0, 0.05) is 5.56 Å². The molecule has 1 N–H and O–H groups in total. The summed E-state index contributed by atoms with van der Waals surface area (Å²) in [7, 11) is 0. The van der Waals surface area contributed by atoms with E-state index in [9.17, 15) is 10.1 Å². The molecule has 5 nitrogen and oxygen atoms in total. The maximum absolute atomic E-state index is 12.0. The van der Waals surface area contributed by atoms with Crippen LogP contribution < -0.4 is 10.3 Å². The maximum atomic E-state index is 12.0. The molecule has 0 unspecified atom stereocenters. The second-order valence-corrected chi connectivity index (χ2v) is 6.58. The highest BCUT2D eigenvalue weighted by Crippen LogP contribution is 2.27. The molecule has 0 spiro atoms. The van der Waals surface area contributed by atoms with Crippen molar-refractivity contribution in [3.05, 3.63) is 69.5 Å². The van der Waals surface area contributed by atoms with Gasteiger partial charge in [-0.1, -0.05) is 17.8 Å². The molecule has 0 aliphatic carbocycles. The first kappa shape index (κ1) is 17.8. The quantitative estimate of drug-likeness (QED) is 0.548. The molecule has 0 saturated carbocycles. The van der Waals surface area contributed by atoms with Gasteiger partial charge in [-0.15, -0.1) is 0 Å². The predicted octanol–water partition coefficient (Wildman–Crippen LogP) is 4.44. The third-order valence-corrected chi connectivity index (χ3v) is 4.62. The maximum Gasteiger partial charge on any atom is 0.270 e. The van der Waals surface area contributed by atoms with Gasteiger partial charge in [0.15, 0.2) is 5.16 Å². The fourth-order valence-electron chi connectivity index (χ4n) is 2.46. The number of ether oxygens (including phenoxy) is 1. The smallest absolute Gasteiger partial charge is 0.270 e. The Labute approximate surface area is 155 Å². The molecule has 26 heavy (non-hydrogen) atoms. The Morgan fingerprint density at radius 1 is 1.08 bits per heavy atom. The lowest BCUT2D eigenvalue weighted by atomic mass is 10.1. The Morgan fingerprint density at radius 3 is 2.38 bits per heavy atom. The number of benzene rings is 2. The number of hydrogen-bond donors (Lipinski definition) is 1. The molecule has 2 aromatic carbocycles. The largest absolute Gasteiger partial charge is 0.457 e. The molecule has 6 heteroatoms. The highest BCUT2D eigenvalue weighted by Gasteiger charge is 2.13. The molecule has 1 aromatic heterocycles. The first-order valence-corrected chi connectivity index (χ1v) is 9.18. The van der Waals surface area contributed by atoms with Crippen LogP contribution in [0.1, 0.15) is 16.7 Å². The lowest BCUT2D eigenvalue weighted by molar-refractivity contribution is 0.482. The molecule has 0 fully saturated rings. The van der Waals surface area contributed by atoms with Crippen molar-refractivity contribution < 1.29 is 4.74 Å². The minimum absolute atomic E-state index is 0.00521. The van der Waals surface area contributed by atoms with Crippen LogP contribution in [0, 0.1) is 25.2 Å². The Morgan fingerprint density at radius 2 is 1.77 bits per heavy atom. The van der Waals surface area contributed by atoms with Gasteiger partial charge < -0.3 is 9.72 Å². The fourth-order valence-corrected chi connectivity index (χ4v) is 2.83. The van der Waals surface area contributed by atoms with Crippen LogP contribution in [-0.4, -0.2) is 16.2 Å². The Kier molecular flexibility index (Phi) is 5.10. The Balaban J connectivity index is 1.93. The van der Waals surface area contributed by atoms with Gasteiger partial charge in [0.1, 0.15) is 23.1 Å². The number of hydrogen-bond acceptors (Lipinski definition) is 5. The molecule has 0 amide bonds. The molecule has 1 heterocycles. The van der Waals surface area contributed by atoms with Crippen LogP contribution in [0.15, 0.2) is 52.4 Å². The zero-order valence-corrected chi connectivity index (χ0v) is 15.5. The lowest BCUT2D eigenvalue weighted by Crippen LogP contribution is -2.14. The first-order valence-electron chi connectivity index (χ1n) is 7.95. The molecule has 0 saturated heterocycles. The minimum atomic E-state index is -0.433. The number of nitriles is 1. The number of nitrogens with zero attached hydrogens (tertiary/aromatic N) is 2. The van der Waals surface area contributed by atoms with Crippen molar-refractivity contribution in [1.82, 2.24) is 9.97 Å². The third kappa shape index (κ3) is 3.63. The summed E-state index contributed by atoms with van der Waals surface area (Å²) in [6.07, 6.45) is 1.81. The van der Waals surface area contributed by atoms with Crippen molar-refractivity contribution in [3.63, 3.8) is 0 Å². The van der Waals surface area contributed by atoms with Gasteiger partial charge >= 0.3 is 0 Å². The van der Waals surface area contributed by atoms with E-state index in [1.807, 2.05) is 37.4 Å². The summed E-state index contributed by atoms with van der Waals surface area (Å²) in [4.78, 5) is 19.0. The summed E-state index contributed by atoms with van der Waals surface area (Å²) in [6.45, 7) is 4.09. The first-order chi connectivity index (χ1) is 12.5. The molecular formula is C20H17N3O2S. The minimum Gasteiger partial charge on any atom is -0.457 e. The molecule has 0 radical (unpaired) electrons. The van der Waals surface area contributed by atoms with Gasteiger partial charge in [-0.05, 0) is 67.6 Å². The van der Waals surface area contributed by atoms with E-state index < -0.39 is 5.56 Å². The standard InChI is InChI=1S/C20H17N3O2S/c1-12-4-7-16(10-13(12)2)25-15-8-5-14(6-9-15)18-17(11-21)19(24)23-20(22-18)26-3/h4-10H,1-3H3,(H,22,23,24). The highest BCUT2D eigenvalue weighted by molar-refractivity contribution is 7.98. The van der Waals surface area contributed by atoms with Crippen LogP contribution in [0.3, 0.4) is 0 Å². The van der Waals surface area contributed by atoms with Gasteiger partial charge in [0.2, 0.25) is 0 Å². The molecule has 0 bridgehead atoms. The number of H-pyrrole nitrogens is 1.